The van der Waals surface area contributed by atoms with Gasteiger partial charge < -0.3 is 20.3 Å². The van der Waals surface area contributed by atoms with E-state index in [1.165, 1.54) is 23.2 Å². The smallest absolute Gasteiger partial charge is 0.280 e. The van der Waals surface area contributed by atoms with Gasteiger partial charge in [-0.1, -0.05) is 43.2 Å². The number of pyridine rings is 1. The van der Waals surface area contributed by atoms with E-state index in [-0.39, 0.29) is 30.3 Å². The number of nitrogens with one attached hydrogen (secondary N) is 3. The van der Waals surface area contributed by atoms with Crippen molar-refractivity contribution in [1.82, 2.24) is 30.2 Å². The van der Waals surface area contributed by atoms with Gasteiger partial charge in [-0.05, 0) is 68.2 Å². The summed E-state index contributed by atoms with van der Waals surface area (Å²) in [4.78, 5) is 66.1. The van der Waals surface area contributed by atoms with Crippen LogP contribution in [-0.2, 0) is 24.4 Å². The first-order valence-corrected chi connectivity index (χ1v) is 20.7. The molecule has 1 saturated heterocycles. The van der Waals surface area contributed by atoms with Gasteiger partial charge in [0, 0.05) is 34.7 Å². The summed E-state index contributed by atoms with van der Waals surface area (Å²) in [6, 6.07) is 9.42. The molecule has 3 N–H and O–H groups in total. The van der Waals surface area contributed by atoms with E-state index in [9.17, 15) is 32.0 Å². The number of thiazole rings is 1. The van der Waals surface area contributed by atoms with Crippen molar-refractivity contribution in [1.29, 1.82) is 0 Å². The lowest BCUT2D eigenvalue weighted by Crippen LogP contribution is -2.58. The topological polar surface area (TPSA) is 177 Å². The summed E-state index contributed by atoms with van der Waals surface area (Å²) >= 11 is 1.14. The molecule has 16 heteroatoms. The molecule has 0 radical (unpaired) electrons. The highest BCUT2D eigenvalue weighted by Gasteiger charge is 2.62. The number of rotatable bonds is 7. The Morgan fingerprint density at radius 1 is 1.04 bits per heavy atom. The van der Waals surface area contributed by atoms with Gasteiger partial charge in [0.15, 0.2) is 5.01 Å². The third kappa shape index (κ3) is 7.16. The van der Waals surface area contributed by atoms with Crippen LogP contribution < -0.4 is 20.1 Å². The average molecular weight is 775 g/mol. The van der Waals surface area contributed by atoms with Crippen molar-refractivity contribution in [2.45, 2.75) is 86.8 Å². The molecule has 4 heterocycles. The van der Waals surface area contributed by atoms with E-state index in [4.69, 9.17) is 9.72 Å². The summed E-state index contributed by atoms with van der Waals surface area (Å²) in [5, 5.41) is 8.78. The van der Waals surface area contributed by atoms with Crippen LogP contribution in [0.5, 0.6) is 5.88 Å². The molecule has 0 bridgehead atoms. The molecule has 2 aliphatic carbocycles. The highest BCUT2D eigenvalue weighted by Crippen LogP contribution is 2.46. The van der Waals surface area contributed by atoms with Gasteiger partial charge in [-0.15, -0.1) is 11.3 Å². The Morgan fingerprint density at radius 2 is 1.87 bits per heavy atom. The Bertz CT molecular complexity index is 2280. The molecule has 282 valence electrons. The molecule has 3 fully saturated rings. The number of sulfonamides is 1. The molecule has 13 nitrogen and oxygen atoms in total. The number of carbonyl (C=O) groups excluding carboxylic acids is 4. The van der Waals surface area contributed by atoms with Crippen molar-refractivity contribution >= 4 is 66.7 Å². The van der Waals surface area contributed by atoms with E-state index in [0.717, 1.165) is 29.6 Å². The zero-order valence-corrected chi connectivity index (χ0v) is 30.8. The molecule has 8 rings (SSSR count). The minimum atomic E-state index is -3.91. The fourth-order valence-electron chi connectivity index (χ4n) is 7.54. The number of carbonyl (C=O) groups is 4. The van der Waals surface area contributed by atoms with Gasteiger partial charge in [0.25, 0.3) is 11.8 Å². The number of hydrogen-bond acceptors (Lipinski definition) is 10. The average Bonchev–Trinajstić information content (AvgIpc) is 4.01. The Labute approximate surface area is 314 Å². The SMILES string of the molecule is O=C(N[C@H]1CCCCC/C=C\[C@@H]2C[C@@]2(C(=O)NS(=O)(=O)C2CC2)NC(=O)[C@@H]2C[C@@H](Oc3nc4ccccc4c4cc(F)ccc34)CN2C1=O)c1nccs1. The van der Waals surface area contributed by atoms with Gasteiger partial charge in [0.05, 0.1) is 17.3 Å². The van der Waals surface area contributed by atoms with Crippen LogP contribution in [0.4, 0.5) is 4.39 Å². The normalized spacial score (nSPS) is 26.9. The molecule has 4 aromatic rings. The molecule has 2 aromatic heterocycles. The van der Waals surface area contributed by atoms with Crippen LogP contribution in [0.1, 0.15) is 67.6 Å². The van der Waals surface area contributed by atoms with Crippen molar-refractivity contribution in [3.8, 4) is 5.88 Å². The first-order chi connectivity index (χ1) is 26.0. The maximum atomic E-state index is 14.5. The Kier molecular flexibility index (Phi) is 9.58. The number of aromatic nitrogens is 2. The predicted molar refractivity (Wildman–Crippen MR) is 198 cm³/mol. The molecule has 2 aliphatic heterocycles. The van der Waals surface area contributed by atoms with Gasteiger partial charge in [-0.2, -0.15) is 0 Å². The third-order valence-electron chi connectivity index (χ3n) is 10.7. The molecule has 54 heavy (non-hydrogen) atoms. The summed E-state index contributed by atoms with van der Waals surface area (Å²) in [5.74, 6) is -3.14. The van der Waals surface area contributed by atoms with Gasteiger partial charge in [-0.3, -0.25) is 23.9 Å². The first-order valence-electron chi connectivity index (χ1n) is 18.2. The van der Waals surface area contributed by atoms with Crippen LogP contribution in [0.15, 0.2) is 66.2 Å². The molecular formula is C38H39FN6O7S2. The molecule has 4 amide bonds. The number of para-hydroxylation sites is 1. The second kappa shape index (κ2) is 14.4. The van der Waals surface area contributed by atoms with Gasteiger partial charge in [0.2, 0.25) is 27.7 Å². The number of benzene rings is 2. The summed E-state index contributed by atoms with van der Waals surface area (Å²) in [5.41, 5.74) is -0.957. The van der Waals surface area contributed by atoms with Crippen LogP contribution in [0, 0.1) is 11.7 Å². The summed E-state index contributed by atoms with van der Waals surface area (Å²) in [7, 11) is -3.91. The molecule has 4 aliphatic rings. The van der Waals surface area contributed by atoms with E-state index >= 15 is 0 Å². The number of ether oxygens (including phenoxy) is 1. The number of nitrogens with zero attached hydrogens (tertiary/aromatic N) is 3. The minimum Gasteiger partial charge on any atom is -0.472 e. The van der Waals surface area contributed by atoms with Crippen molar-refractivity contribution in [3.63, 3.8) is 0 Å². The number of fused-ring (bicyclic) bond motifs is 5. The lowest BCUT2D eigenvalue weighted by atomic mass is 10.0. The fraction of sp³-hybridized carbons (Fsp3) is 0.421. The van der Waals surface area contributed by atoms with Crippen LogP contribution >= 0.6 is 11.3 Å². The monoisotopic (exact) mass is 774 g/mol. The van der Waals surface area contributed by atoms with Crippen molar-refractivity contribution < 1.29 is 36.7 Å². The van der Waals surface area contributed by atoms with Crippen LogP contribution in [0.25, 0.3) is 21.7 Å². The number of halogens is 1. The van der Waals surface area contributed by atoms with Crippen molar-refractivity contribution in [3.05, 3.63) is 77.0 Å². The van der Waals surface area contributed by atoms with Crippen molar-refractivity contribution in [2.24, 2.45) is 5.92 Å². The first kappa shape index (κ1) is 36.0. The predicted octanol–water partition coefficient (Wildman–Crippen LogP) is 4.13. The Morgan fingerprint density at radius 3 is 2.67 bits per heavy atom. The third-order valence-corrected chi connectivity index (χ3v) is 13.3. The molecule has 0 unspecified atom stereocenters. The lowest BCUT2D eigenvalue weighted by molar-refractivity contribution is -0.141. The van der Waals surface area contributed by atoms with Crippen LogP contribution in [0.2, 0.25) is 0 Å². The quantitative estimate of drug-likeness (QED) is 0.184. The minimum absolute atomic E-state index is 0.000489. The van der Waals surface area contributed by atoms with E-state index in [2.05, 4.69) is 20.3 Å². The fourth-order valence-corrected chi connectivity index (χ4v) is 9.45. The van der Waals surface area contributed by atoms with Crippen LogP contribution in [0.3, 0.4) is 0 Å². The van der Waals surface area contributed by atoms with Gasteiger partial charge in [-0.25, -0.2) is 22.8 Å². The number of allylic oxidation sites excluding steroid dienone is 1. The summed E-state index contributed by atoms with van der Waals surface area (Å²) in [6.07, 6.45) is 8.78. The molecular weight excluding hydrogens is 736 g/mol. The second-order valence-electron chi connectivity index (χ2n) is 14.5. The highest BCUT2D eigenvalue weighted by molar-refractivity contribution is 7.91. The van der Waals surface area contributed by atoms with Gasteiger partial charge >= 0.3 is 0 Å². The molecule has 2 aromatic carbocycles. The van der Waals surface area contributed by atoms with E-state index in [1.807, 2.05) is 30.4 Å². The number of hydrogen-bond donors (Lipinski definition) is 3. The molecule has 5 atom stereocenters. The highest BCUT2D eigenvalue weighted by atomic mass is 32.2. The zero-order chi connectivity index (χ0) is 37.6. The lowest BCUT2D eigenvalue weighted by Gasteiger charge is -2.29. The maximum absolute atomic E-state index is 14.5. The van der Waals surface area contributed by atoms with E-state index in [0.29, 0.717) is 48.4 Å². The zero-order valence-electron chi connectivity index (χ0n) is 29.2. The summed E-state index contributed by atoms with van der Waals surface area (Å²) in [6.45, 7) is -0.0592. The maximum Gasteiger partial charge on any atom is 0.280 e. The van der Waals surface area contributed by atoms with Crippen molar-refractivity contribution in [2.75, 3.05) is 6.54 Å². The van der Waals surface area contributed by atoms with E-state index in [1.54, 1.807) is 17.5 Å². The molecule has 2 saturated carbocycles. The molecule has 0 spiro atoms. The van der Waals surface area contributed by atoms with Gasteiger partial charge in [0.1, 0.15) is 29.5 Å². The Balaban J connectivity index is 1.13. The second-order valence-corrected chi connectivity index (χ2v) is 17.3. The summed E-state index contributed by atoms with van der Waals surface area (Å²) < 4.78 is 48.9. The largest absolute Gasteiger partial charge is 0.472 e. The van der Waals surface area contributed by atoms with E-state index < -0.39 is 74.4 Å². The Hall–Kier alpha value is -4.96. The van der Waals surface area contributed by atoms with Crippen LogP contribution in [-0.4, -0.2) is 82.4 Å². The standard InChI is InChI=1S/C38H39FN6O7S2/c39-23-12-15-27-28(18-23)26-9-6-7-10-29(26)42-34(27)52-24-19-31-32(46)43-38(37(49)44-54(50,51)25-13-14-25)20-22(38)8-4-2-1-3-5-11-30(36(48)45(31)21-24)41-33(47)35-40-16-17-53-35/h4,6-10,12,15-18,22,24-25,30-31H,1-3,5,11,13-14,19-21H2,(H,41,47)(H,43,46)(H,44,49)/b8-4-/t22-,24-,30+,31+,38-/m1/s1. The number of amides is 4.